The van der Waals surface area contributed by atoms with Crippen molar-refractivity contribution in [1.29, 1.82) is 0 Å². The Kier molecular flexibility index (Phi) is 4.70. The van der Waals surface area contributed by atoms with Gasteiger partial charge in [0, 0.05) is 6.54 Å². The second kappa shape index (κ2) is 6.93. The summed E-state index contributed by atoms with van der Waals surface area (Å²) in [7, 11) is 1.40. The van der Waals surface area contributed by atoms with E-state index in [2.05, 4.69) is 0 Å². The highest BCUT2D eigenvalue weighted by molar-refractivity contribution is 5.77. The number of hydrogen-bond donors (Lipinski definition) is 0. The zero-order chi connectivity index (χ0) is 18.0. The summed E-state index contributed by atoms with van der Waals surface area (Å²) in [4.78, 5) is 25.4. The molecule has 3 rings (SSSR count). The van der Waals surface area contributed by atoms with Crippen LogP contribution in [0.5, 0.6) is 5.75 Å². The Morgan fingerprint density at radius 3 is 2.52 bits per heavy atom. The number of fused-ring (bicyclic) bond motifs is 1. The molecule has 3 aromatic rings. The maximum absolute atomic E-state index is 14.0. The van der Waals surface area contributed by atoms with Crippen LogP contribution in [0.1, 0.15) is 18.9 Å². The fourth-order valence-corrected chi connectivity index (χ4v) is 2.94. The number of methoxy groups -OCH3 is 1. The Balaban J connectivity index is 2.20. The third kappa shape index (κ3) is 3.07. The summed E-state index contributed by atoms with van der Waals surface area (Å²) in [6.07, 6.45) is 0.671. The number of hydrogen-bond acceptors (Lipinski definition) is 3. The van der Waals surface area contributed by atoms with Crippen molar-refractivity contribution in [3.8, 4) is 5.75 Å². The molecule has 0 aliphatic carbocycles. The number of rotatable bonds is 5. The monoisotopic (exact) mass is 342 g/mol. The molecule has 0 spiro atoms. The van der Waals surface area contributed by atoms with Crippen LogP contribution in [0.4, 0.5) is 4.39 Å². The Bertz CT molecular complexity index is 1040. The van der Waals surface area contributed by atoms with Gasteiger partial charge in [0.15, 0.2) is 11.6 Å². The van der Waals surface area contributed by atoms with Crippen molar-refractivity contribution in [2.75, 3.05) is 7.11 Å². The third-order valence-corrected chi connectivity index (χ3v) is 4.14. The number of benzene rings is 2. The summed E-state index contributed by atoms with van der Waals surface area (Å²) < 4.78 is 21.6. The lowest BCUT2D eigenvalue weighted by molar-refractivity contribution is 0.386. The van der Waals surface area contributed by atoms with Gasteiger partial charge < -0.3 is 4.74 Å². The Morgan fingerprint density at radius 2 is 1.84 bits per heavy atom. The average molecular weight is 342 g/mol. The standard InChI is InChI=1S/C19H19FN2O3/c1-3-10-21-18(23)14-6-4-5-7-16(14)22(19(21)24)12-13-8-9-17(25-2)15(20)11-13/h4-9,11H,3,10,12H2,1-2H3. The van der Waals surface area contributed by atoms with Crippen LogP contribution in [0.25, 0.3) is 10.9 Å². The van der Waals surface area contributed by atoms with Crippen molar-refractivity contribution < 1.29 is 9.13 Å². The molecule has 6 heteroatoms. The van der Waals surface area contributed by atoms with E-state index in [-0.39, 0.29) is 23.5 Å². The molecule has 0 fully saturated rings. The van der Waals surface area contributed by atoms with Gasteiger partial charge in [-0.05, 0) is 36.2 Å². The van der Waals surface area contributed by atoms with E-state index in [0.29, 0.717) is 29.4 Å². The van der Waals surface area contributed by atoms with E-state index in [0.717, 1.165) is 0 Å². The van der Waals surface area contributed by atoms with E-state index < -0.39 is 5.82 Å². The molecule has 2 aromatic carbocycles. The Hall–Kier alpha value is -2.89. The molecule has 0 amide bonds. The maximum Gasteiger partial charge on any atom is 0.331 e. The third-order valence-electron chi connectivity index (χ3n) is 4.14. The number of ether oxygens (including phenoxy) is 1. The topological polar surface area (TPSA) is 53.2 Å². The highest BCUT2D eigenvalue weighted by Crippen LogP contribution is 2.19. The summed E-state index contributed by atoms with van der Waals surface area (Å²) in [5.74, 6) is -0.337. The van der Waals surface area contributed by atoms with Crippen LogP contribution in [0.3, 0.4) is 0 Å². The summed E-state index contributed by atoms with van der Waals surface area (Å²) >= 11 is 0. The van der Waals surface area contributed by atoms with Crippen LogP contribution in [0, 0.1) is 5.82 Å². The molecule has 0 N–H and O–H groups in total. The summed E-state index contributed by atoms with van der Waals surface area (Å²) in [5, 5.41) is 0.476. The second-order valence-corrected chi connectivity index (χ2v) is 5.81. The van der Waals surface area contributed by atoms with Crippen molar-refractivity contribution in [3.05, 3.63) is 74.7 Å². The molecule has 0 aliphatic rings. The fraction of sp³-hybridized carbons (Fsp3) is 0.263. The predicted molar refractivity (Wildman–Crippen MR) is 94.8 cm³/mol. The molecule has 25 heavy (non-hydrogen) atoms. The number of nitrogens with zero attached hydrogens (tertiary/aromatic N) is 2. The van der Waals surface area contributed by atoms with Crippen LogP contribution in [0.15, 0.2) is 52.1 Å². The Morgan fingerprint density at radius 1 is 1.08 bits per heavy atom. The van der Waals surface area contributed by atoms with Crippen molar-refractivity contribution in [2.45, 2.75) is 26.4 Å². The molecular weight excluding hydrogens is 323 g/mol. The molecule has 0 saturated heterocycles. The zero-order valence-electron chi connectivity index (χ0n) is 14.2. The quantitative estimate of drug-likeness (QED) is 0.716. The van der Waals surface area contributed by atoms with Crippen molar-refractivity contribution in [2.24, 2.45) is 0 Å². The zero-order valence-corrected chi connectivity index (χ0v) is 14.2. The minimum Gasteiger partial charge on any atom is -0.494 e. The average Bonchev–Trinajstić information content (AvgIpc) is 2.62. The molecule has 0 bridgehead atoms. The first-order valence-electron chi connectivity index (χ1n) is 8.11. The first-order valence-corrected chi connectivity index (χ1v) is 8.11. The van der Waals surface area contributed by atoms with Gasteiger partial charge in [-0.2, -0.15) is 0 Å². The van der Waals surface area contributed by atoms with Gasteiger partial charge >= 0.3 is 5.69 Å². The molecule has 0 aliphatic heterocycles. The molecule has 1 aromatic heterocycles. The van der Waals surface area contributed by atoms with Crippen molar-refractivity contribution in [1.82, 2.24) is 9.13 Å². The van der Waals surface area contributed by atoms with Crippen LogP contribution in [-0.2, 0) is 13.1 Å². The SMILES string of the molecule is CCCn1c(=O)c2ccccc2n(Cc2ccc(OC)c(F)c2)c1=O. The van der Waals surface area contributed by atoms with Crippen molar-refractivity contribution >= 4 is 10.9 Å². The van der Waals surface area contributed by atoms with E-state index in [4.69, 9.17) is 4.74 Å². The fourth-order valence-electron chi connectivity index (χ4n) is 2.94. The van der Waals surface area contributed by atoms with Gasteiger partial charge in [-0.3, -0.25) is 13.9 Å². The van der Waals surface area contributed by atoms with Crippen molar-refractivity contribution in [3.63, 3.8) is 0 Å². The Labute approximate surface area is 143 Å². The summed E-state index contributed by atoms with van der Waals surface area (Å²) in [6, 6.07) is 11.6. The molecule has 130 valence electrons. The van der Waals surface area contributed by atoms with Gasteiger partial charge in [0.1, 0.15) is 0 Å². The van der Waals surface area contributed by atoms with Gasteiger partial charge in [-0.1, -0.05) is 25.1 Å². The number of para-hydroxylation sites is 1. The normalized spacial score (nSPS) is 11.0. The molecule has 0 radical (unpaired) electrons. The van der Waals surface area contributed by atoms with Crippen LogP contribution < -0.4 is 16.0 Å². The van der Waals surface area contributed by atoms with Gasteiger partial charge in [0.25, 0.3) is 5.56 Å². The van der Waals surface area contributed by atoms with Gasteiger partial charge in [-0.15, -0.1) is 0 Å². The summed E-state index contributed by atoms with van der Waals surface area (Å²) in [5.41, 5.74) is 0.481. The minimum atomic E-state index is -0.487. The maximum atomic E-state index is 14.0. The molecule has 0 atom stereocenters. The molecule has 5 nitrogen and oxygen atoms in total. The van der Waals surface area contributed by atoms with E-state index in [9.17, 15) is 14.0 Å². The lowest BCUT2D eigenvalue weighted by atomic mass is 10.2. The first-order chi connectivity index (χ1) is 12.1. The number of aromatic nitrogens is 2. The largest absolute Gasteiger partial charge is 0.494 e. The first kappa shape index (κ1) is 17.0. The van der Waals surface area contributed by atoms with E-state index in [1.54, 1.807) is 30.3 Å². The van der Waals surface area contributed by atoms with Gasteiger partial charge in [0.2, 0.25) is 0 Å². The van der Waals surface area contributed by atoms with E-state index in [1.165, 1.54) is 28.4 Å². The van der Waals surface area contributed by atoms with Crippen LogP contribution in [0.2, 0.25) is 0 Å². The highest BCUT2D eigenvalue weighted by Gasteiger charge is 2.13. The van der Waals surface area contributed by atoms with E-state index >= 15 is 0 Å². The second-order valence-electron chi connectivity index (χ2n) is 5.81. The van der Waals surface area contributed by atoms with Crippen LogP contribution >= 0.6 is 0 Å². The van der Waals surface area contributed by atoms with Crippen LogP contribution in [-0.4, -0.2) is 16.2 Å². The molecule has 1 heterocycles. The molecular formula is C19H19FN2O3. The highest BCUT2D eigenvalue weighted by atomic mass is 19.1. The number of halogens is 1. The summed E-state index contributed by atoms with van der Waals surface area (Å²) in [6.45, 7) is 2.42. The lowest BCUT2D eigenvalue weighted by Gasteiger charge is -2.14. The molecule has 0 saturated carbocycles. The smallest absolute Gasteiger partial charge is 0.331 e. The van der Waals surface area contributed by atoms with Gasteiger partial charge in [-0.25, -0.2) is 9.18 Å². The molecule has 0 unspecified atom stereocenters. The minimum absolute atomic E-state index is 0.150. The van der Waals surface area contributed by atoms with E-state index in [1.807, 2.05) is 6.92 Å². The lowest BCUT2D eigenvalue weighted by Crippen LogP contribution is -2.40. The van der Waals surface area contributed by atoms with Gasteiger partial charge in [0.05, 0.1) is 24.6 Å². The predicted octanol–water partition coefficient (Wildman–Crippen LogP) is 2.77.